The molecule has 1 fully saturated rings. The van der Waals surface area contributed by atoms with E-state index in [1.165, 1.54) is 18.4 Å². The number of hydrogen-bond donors (Lipinski definition) is 1. The number of rotatable bonds is 9. The SMILES string of the molecule is COCCN(C(CC(N)=S)c1ccccc1)C(C)C1CC1. The van der Waals surface area contributed by atoms with Crippen molar-refractivity contribution in [2.75, 3.05) is 20.3 Å². The molecule has 0 amide bonds. The summed E-state index contributed by atoms with van der Waals surface area (Å²) in [5.74, 6) is 0.805. The van der Waals surface area contributed by atoms with Crippen molar-refractivity contribution < 1.29 is 4.74 Å². The molecule has 1 aromatic rings. The van der Waals surface area contributed by atoms with Gasteiger partial charge < -0.3 is 10.5 Å². The second-order valence-electron chi connectivity index (χ2n) is 5.91. The summed E-state index contributed by atoms with van der Waals surface area (Å²) < 4.78 is 5.31. The van der Waals surface area contributed by atoms with Gasteiger partial charge in [0, 0.05) is 32.2 Å². The highest BCUT2D eigenvalue weighted by molar-refractivity contribution is 7.80. The molecule has 116 valence electrons. The van der Waals surface area contributed by atoms with E-state index in [1.807, 2.05) is 6.07 Å². The molecule has 3 nitrogen and oxygen atoms in total. The van der Waals surface area contributed by atoms with Crippen LogP contribution in [0.1, 0.15) is 37.8 Å². The average molecular weight is 306 g/mol. The van der Waals surface area contributed by atoms with Crippen LogP contribution in [0.15, 0.2) is 30.3 Å². The highest BCUT2D eigenvalue weighted by Gasteiger charge is 2.35. The minimum Gasteiger partial charge on any atom is -0.393 e. The Balaban J connectivity index is 2.22. The first-order valence-electron chi connectivity index (χ1n) is 7.71. The molecular weight excluding hydrogens is 280 g/mol. The van der Waals surface area contributed by atoms with Crippen LogP contribution in [-0.2, 0) is 4.74 Å². The number of nitrogens with two attached hydrogens (primary N) is 1. The first-order valence-corrected chi connectivity index (χ1v) is 8.12. The predicted molar refractivity (Wildman–Crippen MR) is 91.4 cm³/mol. The molecular formula is C17H26N2OS. The Labute approximate surface area is 133 Å². The fourth-order valence-corrected chi connectivity index (χ4v) is 3.14. The van der Waals surface area contributed by atoms with Crippen molar-refractivity contribution in [3.05, 3.63) is 35.9 Å². The van der Waals surface area contributed by atoms with Crippen molar-refractivity contribution in [2.24, 2.45) is 11.7 Å². The minimum absolute atomic E-state index is 0.245. The van der Waals surface area contributed by atoms with Gasteiger partial charge in [-0.15, -0.1) is 0 Å². The van der Waals surface area contributed by atoms with Crippen molar-refractivity contribution in [3.8, 4) is 0 Å². The van der Waals surface area contributed by atoms with Crippen molar-refractivity contribution in [1.29, 1.82) is 0 Å². The summed E-state index contributed by atoms with van der Waals surface area (Å²) in [5, 5.41) is 0. The van der Waals surface area contributed by atoms with Crippen LogP contribution in [0.2, 0.25) is 0 Å². The molecule has 21 heavy (non-hydrogen) atoms. The molecule has 1 aromatic carbocycles. The molecule has 0 spiro atoms. The van der Waals surface area contributed by atoms with E-state index in [1.54, 1.807) is 7.11 Å². The zero-order chi connectivity index (χ0) is 15.2. The summed E-state index contributed by atoms with van der Waals surface area (Å²) >= 11 is 5.19. The van der Waals surface area contributed by atoms with E-state index in [0.717, 1.165) is 25.5 Å². The van der Waals surface area contributed by atoms with Crippen LogP contribution in [-0.4, -0.2) is 36.2 Å². The van der Waals surface area contributed by atoms with Gasteiger partial charge in [0.1, 0.15) is 0 Å². The third-order valence-corrected chi connectivity index (χ3v) is 4.53. The molecule has 2 atom stereocenters. The van der Waals surface area contributed by atoms with Crippen molar-refractivity contribution >= 4 is 17.2 Å². The zero-order valence-electron chi connectivity index (χ0n) is 13.0. The second kappa shape index (κ2) is 7.87. The summed E-state index contributed by atoms with van der Waals surface area (Å²) in [6.45, 7) is 3.97. The second-order valence-corrected chi connectivity index (χ2v) is 6.43. The number of benzene rings is 1. The zero-order valence-corrected chi connectivity index (χ0v) is 13.8. The van der Waals surface area contributed by atoms with Crippen molar-refractivity contribution in [3.63, 3.8) is 0 Å². The molecule has 1 aliphatic rings. The number of thiocarbonyl (C=S) groups is 1. The van der Waals surface area contributed by atoms with E-state index in [2.05, 4.69) is 36.1 Å². The normalized spacial score (nSPS) is 17.7. The van der Waals surface area contributed by atoms with E-state index in [4.69, 9.17) is 22.7 Å². The summed E-state index contributed by atoms with van der Waals surface area (Å²) in [4.78, 5) is 3.10. The van der Waals surface area contributed by atoms with Crippen molar-refractivity contribution in [1.82, 2.24) is 4.90 Å². The van der Waals surface area contributed by atoms with Gasteiger partial charge in [-0.05, 0) is 31.2 Å². The lowest BCUT2D eigenvalue weighted by atomic mass is 9.99. The first kappa shape index (κ1) is 16.4. The Morgan fingerprint density at radius 3 is 2.57 bits per heavy atom. The fraction of sp³-hybridized carbons (Fsp3) is 0.588. The largest absolute Gasteiger partial charge is 0.393 e. The predicted octanol–water partition coefficient (Wildman–Crippen LogP) is 3.15. The van der Waals surface area contributed by atoms with Crippen LogP contribution in [0.5, 0.6) is 0 Å². The maximum Gasteiger partial charge on any atom is 0.0746 e. The van der Waals surface area contributed by atoms with Gasteiger partial charge in [-0.1, -0.05) is 42.5 Å². The molecule has 1 saturated carbocycles. The topological polar surface area (TPSA) is 38.5 Å². The fourth-order valence-electron chi connectivity index (χ4n) is 2.98. The van der Waals surface area contributed by atoms with Crippen LogP contribution in [0.25, 0.3) is 0 Å². The molecule has 0 bridgehead atoms. The monoisotopic (exact) mass is 306 g/mol. The third kappa shape index (κ3) is 4.77. The number of hydrogen-bond acceptors (Lipinski definition) is 3. The van der Waals surface area contributed by atoms with E-state index >= 15 is 0 Å². The van der Waals surface area contributed by atoms with E-state index in [-0.39, 0.29) is 6.04 Å². The highest BCUT2D eigenvalue weighted by Crippen LogP contribution is 2.39. The smallest absolute Gasteiger partial charge is 0.0746 e. The number of methoxy groups -OCH3 is 1. The maximum absolute atomic E-state index is 5.86. The third-order valence-electron chi connectivity index (χ3n) is 4.36. The van der Waals surface area contributed by atoms with Crippen molar-refractivity contribution in [2.45, 2.75) is 38.3 Å². The maximum atomic E-state index is 5.86. The quantitative estimate of drug-likeness (QED) is 0.711. The Hall–Kier alpha value is -0.970. The highest BCUT2D eigenvalue weighted by atomic mass is 32.1. The molecule has 2 N–H and O–H groups in total. The Kier molecular flexibility index (Phi) is 6.15. The van der Waals surface area contributed by atoms with E-state index in [9.17, 15) is 0 Å². The number of nitrogens with zero attached hydrogens (tertiary/aromatic N) is 1. The van der Waals surface area contributed by atoms with Gasteiger partial charge in [-0.25, -0.2) is 0 Å². The lowest BCUT2D eigenvalue weighted by molar-refractivity contribution is 0.0831. The van der Waals surface area contributed by atoms with Gasteiger partial charge in [0.2, 0.25) is 0 Å². The van der Waals surface area contributed by atoms with Gasteiger partial charge in [0.05, 0.1) is 11.6 Å². The van der Waals surface area contributed by atoms with Crippen LogP contribution in [0, 0.1) is 5.92 Å². The molecule has 0 saturated heterocycles. The van der Waals surface area contributed by atoms with Crippen LogP contribution in [0.4, 0.5) is 0 Å². The van der Waals surface area contributed by atoms with Gasteiger partial charge in [-0.2, -0.15) is 0 Å². The summed E-state index contributed by atoms with van der Waals surface area (Å²) in [6.07, 6.45) is 3.39. The Morgan fingerprint density at radius 2 is 2.05 bits per heavy atom. The van der Waals surface area contributed by atoms with Gasteiger partial charge in [0.15, 0.2) is 0 Å². The van der Waals surface area contributed by atoms with E-state index < -0.39 is 0 Å². The summed E-state index contributed by atoms with van der Waals surface area (Å²) in [7, 11) is 1.76. The molecule has 4 heteroatoms. The lowest BCUT2D eigenvalue weighted by Crippen LogP contribution is -2.41. The van der Waals surface area contributed by atoms with Gasteiger partial charge in [0.25, 0.3) is 0 Å². The molecule has 2 unspecified atom stereocenters. The molecule has 0 aromatic heterocycles. The summed E-state index contributed by atoms with van der Waals surface area (Å²) in [6, 6.07) is 11.3. The first-order chi connectivity index (χ1) is 10.1. The van der Waals surface area contributed by atoms with Crippen LogP contribution in [0.3, 0.4) is 0 Å². The van der Waals surface area contributed by atoms with Crippen LogP contribution < -0.4 is 5.73 Å². The molecule has 0 radical (unpaired) electrons. The molecule has 2 rings (SSSR count). The number of ether oxygens (including phenoxy) is 1. The van der Waals surface area contributed by atoms with Gasteiger partial charge in [-0.3, -0.25) is 4.90 Å². The average Bonchev–Trinajstić information content (AvgIpc) is 3.31. The van der Waals surface area contributed by atoms with E-state index in [0.29, 0.717) is 11.0 Å². The van der Waals surface area contributed by atoms with Gasteiger partial charge >= 0.3 is 0 Å². The molecule has 0 heterocycles. The molecule has 1 aliphatic carbocycles. The standard InChI is InChI=1S/C17H26N2OS/c1-13(14-8-9-14)19(10-11-20-2)16(12-17(18)21)15-6-4-3-5-7-15/h3-7,13-14,16H,8-12H2,1-2H3,(H2,18,21). The molecule has 0 aliphatic heterocycles. The Bertz CT molecular complexity index is 447. The summed E-state index contributed by atoms with van der Waals surface area (Å²) in [5.41, 5.74) is 7.15. The minimum atomic E-state index is 0.245. The Morgan fingerprint density at radius 1 is 1.38 bits per heavy atom. The van der Waals surface area contributed by atoms with Crippen LogP contribution >= 0.6 is 12.2 Å². The lowest BCUT2D eigenvalue weighted by Gasteiger charge is -2.37.